The maximum Gasteiger partial charge on any atom is 0.305 e. The molecule has 32 heavy (non-hydrogen) atoms. The second-order valence-electron chi connectivity index (χ2n) is 7.62. The predicted molar refractivity (Wildman–Crippen MR) is 117 cm³/mol. The van der Waals surface area contributed by atoms with Crippen LogP contribution in [0.5, 0.6) is 0 Å². The summed E-state index contributed by atoms with van der Waals surface area (Å²) in [5.41, 5.74) is 5.63. The van der Waals surface area contributed by atoms with Gasteiger partial charge in [-0.25, -0.2) is 0 Å². The molecule has 0 heterocycles. The number of rotatable bonds is 21. The molecule has 0 bridgehead atoms. The quantitative estimate of drug-likeness (QED) is 0.152. The number of nitrogens with two attached hydrogens (primary N) is 1. The summed E-state index contributed by atoms with van der Waals surface area (Å²) in [6.07, 6.45) is 5.26. The van der Waals surface area contributed by atoms with Crippen molar-refractivity contribution in [2.75, 3.05) is 61.0 Å². The van der Waals surface area contributed by atoms with Crippen molar-refractivity contribution in [3.63, 3.8) is 0 Å². The second-order valence-corrected chi connectivity index (χ2v) is 7.62. The number of hydrogen-bond donors (Lipinski definition) is 1. The standard InChI is InChI=1S/C22H41NO9/c1-27-19(24)10-4-7-13-30-16-22(23,17-31-14-8-5-11-20(25)28-2)18-32-15-9-6-12-21(26)29-3/h4-18,23H2,1-3H3. The smallest absolute Gasteiger partial charge is 0.305 e. The largest absolute Gasteiger partial charge is 0.469 e. The summed E-state index contributed by atoms with van der Waals surface area (Å²) >= 11 is 0. The van der Waals surface area contributed by atoms with E-state index in [-0.39, 0.29) is 37.7 Å². The second kappa shape index (κ2) is 19.9. The molecule has 0 aliphatic heterocycles. The molecule has 10 heteroatoms. The van der Waals surface area contributed by atoms with E-state index in [1.54, 1.807) is 0 Å². The first-order valence-electron chi connectivity index (χ1n) is 11.1. The minimum absolute atomic E-state index is 0.237. The molecule has 0 rings (SSSR count). The first-order chi connectivity index (χ1) is 15.4. The zero-order valence-electron chi connectivity index (χ0n) is 19.9. The first kappa shape index (κ1) is 30.2. The Hall–Kier alpha value is -1.75. The predicted octanol–water partition coefficient (Wildman–Crippen LogP) is 1.76. The van der Waals surface area contributed by atoms with Crippen LogP contribution in [0.2, 0.25) is 0 Å². The Morgan fingerprint density at radius 1 is 0.562 bits per heavy atom. The third-order valence-corrected chi connectivity index (χ3v) is 4.61. The Balaban J connectivity index is 4.23. The lowest BCUT2D eigenvalue weighted by molar-refractivity contribution is -0.141. The van der Waals surface area contributed by atoms with Crippen LogP contribution in [0.25, 0.3) is 0 Å². The lowest BCUT2D eigenvalue weighted by Crippen LogP contribution is -2.53. The minimum atomic E-state index is -0.826. The molecule has 188 valence electrons. The molecule has 0 unspecified atom stereocenters. The van der Waals surface area contributed by atoms with Crippen molar-refractivity contribution in [1.82, 2.24) is 0 Å². The molecular weight excluding hydrogens is 422 g/mol. The van der Waals surface area contributed by atoms with Gasteiger partial charge in [-0.3, -0.25) is 14.4 Å². The topological polar surface area (TPSA) is 133 Å². The summed E-state index contributed by atoms with van der Waals surface area (Å²) in [6.45, 7) is 2.14. The SMILES string of the molecule is COC(=O)CCCCOCC(N)(COCCCCC(=O)OC)COCCCCC(=O)OC. The van der Waals surface area contributed by atoms with Crippen molar-refractivity contribution in [2.24, 2.45) is 5.73 Å². The van der Waals surface area contributed by atoms with Gasteiger partial charge < -0.3 is 34.2 Å². The lowest BCUT2D eigenvalue weighted by atomic mass is 10.1. The van der Waals surface area contributed by atoms with Crippen molar-refractivity contribution in [3.8, 4) is 0 Å². The molecule has 0 saturated carbocycles. The summed E-state index contributed by atoms with van der Waals surface area (Å²) in [5, 5.41) is 0. The fourth-order valence-electron chi connectivity index (χ4n) is 2.68. The summed E-state index contributed by atoms with van der Waals surface area (Å²) in [6, 6.07) is 0. The third-order valence-electron chi connectivity index (χ3n) is 4.61. The molecule has 0 fully saturated rings. The van der Waals surface area contributed by atoms with Crippen molar-refractivity contribution >= 4 is 17.9 Å². The number of esters is 3. The van der Waals surface area contributed by atoms with E-state index in [1.165, 1.54) is 21.3 Å². The average molecular weight is 464 g/mol. The van der Waals surface area contributed by atoms with Crippen LogP contribution in [-0.4, -0.2) is 84.4 Å². The van der Waals surface area contributed by atoms with Crippen LogP contribution in [0.15, 0.2) is 0 Å². The highest BCUT2D eigenvalue weighted by Crippen LogP contribution is 2.08. The molecule has 0 aliphatic carbocycles. The van der Waals surface area contributed by atoms with Crippen LogP contribution in [0.1, 0.15) is 57.8 Å². The maximum atomic E-state index is 11.1. The van der Waals surface area contributed by atoms with E-state index in [9.17, 15) is 14.4 Å². The maximum absolute atomic E-state index is 11.1. The molecule has 0 spiro atoms. The molecule has 0 aromatic rings. The first-order valence-corrected chi connectivity index (χ1v) is 11.1. The zero-order valence-corrected chi connectivity index (χ0v) is 19.9. The van der Waals surface area contributed by atoms with E-state index < -0.39 is 5.54 Å². The Labute approximate surface area is 191 Å². The average Bonchev–Trinajstić information content (AvgIpc) is 2.80. The van der Waals surface area contributed by atoms with Gasteiger partial charge in [-0.2, -0.15) is 0 Å². The lowest BCUT2D eigenvalue weighted by Gasteiger charge is -2.29. The van der Waals surface area contributed by atoms with E-state index in [1.807, 2.05) is 0 Å². The van der Waals surface area contributed by atoms with Gasteiger partial charge in [0.2, 0.25) is 0 Å². The zero-order chi connectivity index (χ0) is 24.1. The molecule has 0 atom stereocenters. The van der Waals surface area contributed by atoms with Gasteiger partial charge >= 0.3 is 17.9 Å². The molecule has 10 nitrogen and oxygen atoms in total. The van der Waals surface area contributed by atoms with Crippen molar-refractivity contribution in [3.05, 3.63) is 0 Å². The molecule has 0 radical (unpaired) electrons. The number of hydrogen-bond acceptors (Lipinski definition) is 10. The molecule has 0 aliphatic rings. The van der Waals surface area contributed by atoms with E-state index in [0.29, 0.717) is 77.6 Å². The number of unbranched alkanes of at least 4 members (excludes halogenated alkanes) is 3. The van der Waals surface area contributed by atoms with Crippen molar-refractivity contribution in [1.29, 1.82) is 0 Å². The highest BCUT2D eigenvalue weighted by atomic mass is 16.5. The van der Waals surface area contributed by atoms with Crippen LogP contribution in [0.3, 0.4) is 0 Å². The van der Waals surface area contributed by atoms with Gasteiger partial charge in [-0.1, -0.05) is 0 Å². The van der Waals surface area contributed by atoms with Gasteiger partial charge in [0.1, 0.15) is 0 Å². The van der Waals surface area contributed by atoms with Gasteiger partial charge in [0.05, 0.1) is 46.7 Å². The monoisotopic (exact) mass is 463 g/mol. The molecule has 0 saturated heterocycles. The number of methoxy groups -OCH3 is 3. The normalized spacial score (nSPS) is 11.2. The number of ether oxygens (including phenoxy) is 6. The molecule has 2 N–H and O–H groups in total. The molecule has 0 amide bonds. The molecular formula is C22H41NO9. The van der Waals surface area contributed by atoms with Crippen LogP contribution >= 0.6 is 0 Å². The molecule has 0 aromatic carbocycles. The third kappa shape index (κ3) is 17.9. The Bertz CT molecular complexity index is 444. The highest BCUT2D eigenvalue weighted by Gasteiger charge is 2.26. The fourth-order valence-corrected chi connectivity index (χ4v) is 2.68. The number of carbonyl (C=O) groups is 3. The summed E-state index contributed by atoms with van der Waals surface area (Å²) < 4.78 is 30.9. The van der Waals surface area contributed by atoms with E-state index in [4.69, 9.17) is 19.9 Å². The number of carbonyl (C=O) groups excluding carboxylic acids is 3. The van der Waals surface area contributed by atoms with Gasteiger partial charge in [-0.05, 0) is 38.5 Å². The molecule has 0 aromatic heterocycles. The Morgan fingerprint density at radius 2 is 0.844 bits per heavy atom. The van der Waals surface area contributed by atoms with Crippen molar-refractivity contribution < 1.29 is 42.8 Å². The van der Waals surface area contributed by atoms with Crippen LogP contribution < -0.4 is 5.73 Å². The summed E-state index contributed by atoms with van der Waals surface area (Å²) in [4.78, 5) is 33.4. The van der Waals surface area contributed by atoms with Crippen LogP contribution in [0, 0.1) is 0 Å². The van der Waals surface area contributed by atoms with Crippen molar-refractivity contribution in [2.45, 2.75) is 63.3 Å². The fraction of sp³-hybridized carbons (Fsp3) is 0.864. The summed E-state index contributed by atoms with van der Waals surface area (Å²) in [7, 11) is 4.10. The summed E-state index contributed by atoms with van der Waals surface area (Å²) in [5.74, 6) is -0.710. The van der Waals surface area contributed by atoms with Gasteiger partial charge in [-0.15, -0.1) is 0 Å². The van der Waals surface area contributed by atoms with Gasteiger partial charge in [0, 0.05) is 39.1 Å². The van der Waals surface area contributed by atoms with Gasteiger partial charge in [0.25, 0.3) is 0 Å². The van der Waals surface area contributed by atoms with Crippen LogP contribution in [-0.2, 0) is 42.8 Å². The Kier molecular flexibility index (Phi) is 18.8. The van der Waals surface area contributed by atoms with E-state index in [0.717, 1.165) is 0 Å². The highest BCUT2D eigenvalue weighted by molar-refractivity contribution is 5.69. The van der Waals surface area contributed by atoms with E-state index >= 15 is 0 Å². The minimum Gasteiger partial charge on any atom is -0.469 e. The Morgan fingerprint density at radius 3 is 1.09 bits per heavy atom. The van der Waals surface area contributed by atoms with Crippen LogP contribution in [0.4, 0.5) is 0 Å². The van der Waals surface area contributed by atoms with E-state index in [2.05, 4.69) is 14.2 Å². The van der Waals surface area contributed by atoms with Gasteiger partial charge in [0.15, 0.2) is 0 Å².